The summed E-state index contributed by atoms with van der Waals surface area (Å²) in [6.45, 7) is 5.75. The van der Waals surface area contributed by atoms with Gasteiger partial charge in [0.25, 0.3) is 0 Å². The first kappa shape index (κ1) is 11.5. The van der Waals surface area contributed by atoms with Crippen molar-refractivity contribution in [2.75, 3.05) is 18.1 Å². The topological polar surface area (TPSA) is 12.0 Å². The van der Waals surface area contributed by atoms with Gasteiger partial charge in [0, 0.05) is 28.6 Å². The standard InChI is InChI=1S/C12H19NS2/c1-12(2,11-4-3-6-15-11)9-13-10-5-7-14-8-10/h3-4,6,10,13H,5,7-9H2,1-2H3. The molecule has 0 radical (unpaired) electrons. The van der Waals surface area contributed by atoms with Gasteiger partial charge in [-0.05, 0) is 23.6 Å². The average molecular weight is 241 g/mol. The maximum Gasteiger partial charge on any atom is 0.0166 e. The van der Waals surface area contributed by atoms with E-state index in [1.54, 1.807) is 0 Å². The normalized spacial score (nSPS) is 22.1. The van der Waals surface area contributed by atoms with E-state index in [1.165, 1.54) is 22.8 Å². The largest absolute Gasteiger partial charge is 0.312 e. The maximum absolute atomic E-state index is 3.70. The van der Waals surface area contributed by atoms with E-state index in [9.17, 15) is 0 Å². The van der Waals surface area contributed by atoms with E-state index in [0.29, 0.717) is 0 Å². The molecular formula is C12H19NS2. The first-order valence-electron chi connectivity index (χ1n) is 5.53. The van der Waals surface area contributed by atoms with Crippen molar-refractivity contribution in [1.82, 2.24) is 5.32 Å². The van der Waals surface area contributed by atoms with Crippen molar-refractivity contribution in [2.45, 2.75) is 31.7 Å². The zero-order valence-corrected chi connectivity index (χ0v) is 11.1. The van der Waals surface area contributed by atoms with E-state index in [2.05, 4.69) is 48.4 Å². The Bertz CT molecular complexity index is 287. The molecule has 0 aromatic carbocycles. The fourth-order valence-corrected chi connectivity index (χ4v) is 3.88. The molecule has 1 nitrogen and oxygen atoms in total. The van der Waals surface area contributed by atoms with Crippen LogP contribution in [0, 0.1) is 0 Å². The lowest BCUT2D eigenvalue weighted by molar-refractivity contribution is 0.438. The quantitative estimate of drug-likeness (QED) is 0.869. The molecule has 1 aliphatic rings. The maximum atomic E-state index is 3.70. The number of hydrogen-bond acceptors (Lipinski definition) is 3. The van der Waals surface area contributed by atoms with Gasteiger partial charge in [-0.2, -0.15) is 11.8 Å². The average Bonchev–Trinajstić information content (AvgIpc) is 2.88. The number of thioether (sulfide) groups is 1. The van der Waals surface area contributed by atoms with Crippen LogP contribution in [0.1, 0.15) is 25.1 Å². The summed E-state index contributed by atoms with van der Waals surface area (Å²) in [5.74, 6) is 2.62. The summed E-state index contributed by atoms with van der Waals surface area (Å²) in [5.41, 5.74) is 0.279. The lowest BCUT2D eigenvalue weighted by Crippen LogP contribution is -2.38. The minimum Gasteiger partial charge on any atom is -0.312 e. The molecule has 2 heterocycles. The predicted octanol–water partition coefficient (Wildman–Crippen LogP) is 3.12. The lowest BCUT2D eigenvalue weighted by atomic mass is 9.91. The molecule has 0 aliphatic carbocycles. The van der Waals surface area contributed by atoms with Gasteiger partial charge in [-0.3, -0.25) is 0 Å². The first-order chi connectivity index (χ1) is 7.18. The molecule has 1 N–H and O–H groups in total. The zero-order valence-electron chi connectivity index (χ0n) is 9.45. The monoisotopic (exact) mass is 241 g/mol. The second-order valence-corrected chi connectivity index (χ2v) is 6.90. The highest BCUT2D eigenvalue weighted by Crippen LogP contribution is 2.27. The smallest absolute Gasteiger partial charge is 0.0166 e. The number of hydrogen-bond donors (Lipinski definition) is 1. The van der Waals surface area contributed by atoms with Gasteiger partial charge < -0.3 is 5.32 Å². The van der Waals surface area contributed by atoms with Crippen LogP contribution in [0.5, 0.6) is 0 Å². The van der Waals surface area contributed by atoms with Gasteiger partial charge in [-0.1, -0.05) is 19.9 Å². The van der Waals surface area contributed by atoms with Gasteiger partial charge in [0.2, 0.25) is 0 Å². The Morgan fingerprint density at radius 2 is 2.40 bits per heavy atom. The Morgan fingerprint density at radius 3 is 3.00 bits per heavy atom. The highest BCUT2D eigenvalue weighted by atomic mass is 32.2. The highest BCUT2D eigenvalue weighted by Gasteiger charge is 2.24. The summed E-state index contributed by atoms with van der Waals surface area (Å²) < 4.78 is 0. The summed E-state index contributed by atoms with van der Waals surface area (Å²) in [7, 11) is 0. The summed E-state index contributed by atoms with van der Waals surface area (Å²) in [4.78, 5) is 1.49. The third kappa shape index (κ3) is 2.99. The summed E-state index contributed by atoms with van der Waals surface area (Å²) in [6, 6.07) is 5.14. The zero-order chi connectivity index (χ0) is 10.7. The Hall–Kier alpha value is 0.01000. The van der Waals surface area contributed by atoms with Crippen molar-refractivity contribution in [3.8, 4) is 0 Å². The molecule has 0 spiro atoms. The van der Waals surface area contributed by atoms with Crippen molar-refractivity contribution < 1.29 is 0 Å². The highest BCUT2D eigenvalue weighted by molar-refractivity contribution is 7.99. The Kier molecular flexibility index (Phi) is 3.75. The van der Waals surface area contributed by atoms with Crippen LogP contribution in [0.2, 0.25) is 0 Å². The van der Waals surface area contributed by atoms with Crippen molar-refractivity contribution in [2.24, 2.45) is 0 Å². The molecule has 1 unspecified atom stereocenters. The van der Waals surface area contributed by atoms with E-state index < -0.39 is 0 Å². The summed E-state index contributed by atoms with van der Waals surface area (Å²) >= 11 is 3.94. The van der Waals surface area contributed by atoms with Gasteiger partial charge >= 0.3 is 0 Å². The third-order valence-electron chi connectivity index (χ3n) is 2.95. The molecule has 0 saturated carbocycles. The van der Waals surface area contributed by atoms with Gasteiger partial charge in [-0.15, -0.1) is 11.3 Å². The molecule has 3 heteroatoms. The number of thiophene rings is 1. The lowest BCUT2D eigenvalue weighted by Gasteiger charge is -2.25. The summed E-state index contributed by atoms with van der Waals surface area (Å²) in [5, 5.41) is 5.87. The minimum atomic E-state index is 0.279. The molecule has 1 aromatic heterocycles. The van der Waals surface area contributed by atoms with Crippen molar-refractivity contribution in [3.05, 3.63) is 22.4 Å². The van der Waals surface area contributed by atoms with E-state index >= 15 is 0 Å². The van der Waals surface area contributed by atoms with Crippen LogP contribution in [0.4, 0.5) is 0 Å². The first-order valence-corrected chi connectivity index (χ1v) is 7.57. The molecule has 0 amide bonds. The second-order valence-electron chi connectivity index (χ2n) is 4.80. The van der Waals surface area contributed by atoms with E-state index in [0.717, 1.165) is 12.6 Å². The molecule has 15 heavy (non-hydrogen) atoms. The molecule has 1 fully saturated rings. The summed E-state index contributed by atoms with van der Waals surface area (Å²) in [6.07, 6.45) is 1.34. The Balaban J connectivity index is 1.87. The molecule has 1 aromatic rings. The van der Waals surface area contributed by atoms with Gasteiger partial charge in [0.05, 0.1) is 0 Å². The minimum absolute atomic E-state index is 0.279. The third-order valence-corrected chi connectivity index (χ3v) is 5.35. The van der Waals surface area contributed by atoms with Crippen LogP contribution in [0.15, 0.2) is 17.5 Å². The second kappa shape index (κ2) is 4.89. The van der Waals surface area contributed by atoms with E-state index in [1.807, 2.05) is 11.3 Å². The fourth-order valence-electron chi connectivity index (χ4n) is 1.85. The molecule has 0 bridgehead atoms. The van der Waals surface area contributed by atoms with Crippen molar-refractivity contribution in [3.63, 3.8) is 0 Å². The molecule has 1 aliphatic heterocycles. The van der Waals surface area contributed by atoms with Crippen LogP contribution in [-0.4, -0.2) is 24.1 Å². The van der Waals surface area contributed by atoms with Crippen molar-refractivity contribution in [1.29, 1.82) is 0 Å². The molecular weight excluding hydrogens is 222 g/mol. The molecule has 1 saturated heterocycles. The molecule has 1 atom stereocenters. The van der Waals surface area contributed by atoms with Crippen LogP contribution in [0.25, 0.3) is 0 Å². The molecule has 84 valence electrons. The predicted molar refractivity (Wildman–Crippen MR) is 71.1 cm³/mol. The van der Waals surface area contributed by atoms with Crippen molar-refractivity contribution >= 4 is 23.1 Å². The van der Waals surface area contributed by atoms with Crippen LogP contribution in [0.3, 0.4) is 0 Å². The Labute approximate surface area is 101 Å². The Morgan fingerprint density at radius 1 is 1.53 bits per heavy atom. The van der Waals surface area contributed by atoms with Gasteiger partial charge in [0.1, 0.15) is 0 Å². The van der Waals surface area contributed by atoms with Gasteiger partial charge in [-0.25, -0.2) is 0 Å². The van der Waals surface area contributed by atoms with Crippen LogP contribution >= 0.6 is 23.1 Å². The number of rotatable bonds is 4. The van der Waals surface area contributed by atoms with Gasteiger partial charge in [0.15, 0.2) is 0 Å². The fraction of sp³-hybridized carbons (Fsp3) is 0.667. The van der Waals surface area contributed by atoms with Crippen LogP contribution < -0.4 is 5.32 Å². The van der Waals surface area contributed by atoms with Crippen LogP contribution in [-0.2, 0) is 5.41 Å². The SMILES string of the molecule is CC(C)(CNC1CCSC1)c1cccs1. The molecule has 2 rings (SSSR count). The number of nitrogens with one attached hydrogen (secondary N) is 1. The van der Waals surface area contributed by atoms with E-state index in [-0.39, 0.29) is 5.41 Å². The van der Waals surface area contributed by atoms with E-state index in [4.69, 9.17) is 0 Å².